The highest BCUT2D eigenvalue weighted by atomic mass is 32.2. The summed E-state index contributed by atoms with van der Waals surface area (Å²) in [6.45, 7) is 0.939. The average molecular weight is 350 g/mol. The van der Waals surface area contributed by atoms with Crippen LogP contribution in [0.15, 0.2) is 5.16 Å². The van der Waals surface area contributed by atoms with Gasteiger partial charge in [-0.1, -0.05) is 37.4 Å². The van der Waals surface area contributed by atoms with Crippen molar-refractivity contribution < 1.29 is 4.79 Å². The number of carbonyl (C=O) groups is 1. The lowest BCUT2D eigenvalue weighted by molar-refractivity contribution is -0.134. The molecule has 1 aromatic rings. The second-order valence-electron chi connectivity index (χ2n) is 7.47. The van der Waals surface area contributed by atoms with Crippen molar-refractivity contribution in [3.05, 3.63) is 0 Å². The molecule has 3 fully saturated rings. The molecule has 1 aromatic heterocycles. The summed E-state index contributed by atoms with van der Waals surface area (Å²) >= 11 is 1.52. The maximum atomic E-state index is 12.8. The summed E-state index contributed by atoms with van der Waals surface area (Å²) in [4.78, 5) is 15.0. The molecule has 2 heterocycles. The molecule has 132 valence electrons. The molecule has 0 N–H and O–H groups in total. The Bertz CT molecular complexity index is 569. The van der Waals surface area contributed by atoms with E-state index in [2.05, 4.69) is 20.4 Å². The Morgan fingerprint density at radius 1 is 1.04 bits per heavy atom. The van der Waals surface area contributed by atoms with Gasteiger partial charge in [0.2, 0.25) is 11.1 Å². The van der Waals surface area contributed by atoms with Gasteiger partial charge in [-0.2, -0.15) is 0 Å². The molecule has 2 atom stereocenters. The van der Waals surface area contributed by atoms with Crippen molar-refractivity contribution in [3.8, 4) is 0 Å². The zero-order valence-corrected chi connectivity index (χ0v) is 15.1. The molecule has 1 aliphatic heterocycles. The quantitative estimate of drug-likeness (QED) is 0.782. The smallest absolute Gasteiger partial charge is 0.233 e. The predicted molar refractivity (Wildman–Crippen MR) is 92.7 cm³/mol. The van der Waals surface area contributed by atoms with Gasteiger partial charge in [0.05, 0.1) is 11.8 Å². The summed E-state index contributed by atoms with van der Waals surface area (Å²) in [7, 11) is 0. The molecule has 7 heteroatoms. The number of tetrazole rings is 1. The summed E-state index contributed by atoms with van der Waals surface area (Å²) in [6.07, 6.45) is 12.4. The molecule has 2 saturated carbocycles. The molecule has 24 heavy (non-hydrogen) atoms. The highest BCUT2D eigenvalue weighted by Gasteiger charge is 2.35. The summed E-state index contributed by atoms with van der Waals surface area (Å²) in [5.41, 5.74) is 0. The third-order valence-electron chi connectivity index (χ3n) is 6.02. The Balaban J connectivity index is 1.37. The Morgan fingerprint density at radius 3 is 2.67 bits per heavy atom. The summed E-state index contributed by atoms with van der Waals surface area (Å²) < 4.78 is 1.95. The molecule has 3 aliphatic rings. The Kier molecular flexibility index (Phi) is 5.06. The second kappa shape index (κ2) is 7.42. The van der Waals surface area contributed by atoms with Crippen LogP contribution in [0.5, 0.6) is 0 Å². The Morgan fingerprint density at radius 2 is 1.79 bits per heavy atom. The van der Waals surface area contributed by atoms with E-state index >= 15 is 0 Å². The van der Waals surface area contributed by atoms with Crippen LogP contribution >= 0.6 is 11.8 Å². The third-order valence-corrected chi connectivity index (χ3v) is 6.94. The van der Waals surface area contributed by atoms with E-state index in [1.807, 2.05) is 4.68 Å². The van der Waals surface area contributed by atoms with Crippen molar-refractivity contribution in [3.63, 3.8) is 0 Å². The van der Waals surface area contributed by atoms with Crippen LogP contribution < -0.4 is 0 Å². The van der Waals surface area contributed by atoms with E-state index in [1.165, 1.54) is 56.7 Å². The molecule has 2 unspecified atom stereocenters. The standard InChI is InChI=1S/C17H27N5OS/c23-16(21-11-5-7-13-6-1-4-10-15(13)21)12-24-17-18-19-20-22(17)14-8-2-3-9-14/h13-15H,1-12H2. The number of fused-ring (bicyclic) bond motifs is 1. The van der Waals surface area contributed by atoms with Crippen molar-refractivity contribution >= 4 is 17.7 Å². The fourth-order valence-electron chi connectivity index (χ4n) is 4.80. The monoisotopic (exact) mass is 349 g/mol. The molecule has 0 spiro atoms. The maximum Gasteiger partial charge on any atom is 0.233 e. The number of piperidine rings is 1. The number of nitrogens with zero attached hydrogens (tertiary/aromatic N) is 5. The molecule has 1 saturated heterocycles. The van der Waals surface area contributed by atoms with Crippen molar-refractivity contribution in [2.24, 2.45) is 5.92 Å². The van der Waals surface area contributed by atoms with E-state index in [0.29, 0.717) is 17.8 Å². The largest absolute Gasteiger partial charge is 0.339 e. The van der Waals surface area contributed by atoms with Crippen LogP contribution in [0.25, 0.3) is 0 Å². The van der Waals surface area contributed by atoms with Crippen LogP contribution in [0, 0.1) is 5.92 Å². The van der Waals surface area contributed by atoms with Crippen molar-refractivity contribution in [2.45, 2.75) is 81.4 Å². The van der Waals surface area contributed by atoms with Gasteiger partial charge in [0.25, 0.3) is 0 Å². The average Bonchev–Trinajstić information content (AvgIpc) is 3.30. The summed E-state index contributed by atoms with van der Waals surface area (Å²) in [5, 5.41) is 13.0. The highest BCUT2D eigenvalue weighted by molar-refractivity contribution is 7.99. The van der Waals surface area contributed by atoms with Crippen LogP contribution in [0.2, 0.25) is 0 Å². The lowest BCUT2D eigenvalue weighted by atomic mass is 9.78. The van der Waals surface area contributed by atoms with Crippen LogP contribution in [-0.4, -0.2) is 49.4 Å². The topological polar surface area (TPSA) is 63.9 Å². The van der Waals surface area contributed by atoms with E-state index in [0.717, 1.165) is 36.9 Å². The minimum absolute atomic E-state index is 0.276. The predicted octanol–water partition coefficient (Wildman–Crippen LogP) is 3.06. The fraction of sp³-hybridized carbons (Fsp3) is 0.882. The minimum atomic E-state index is 0.276. The zero-order chi connectivity index (χ0) is 16.4. The van der Waals surface area contributed by atoms with Crippen LogP contribution in [0.4, 0.5) is 0 Å². The van der Waals surface area contributed by atoms with E-state index in [1.54, 1.807) is 0 Å². The fourth-order valence-corrected chi connectivity index (χ4v) is 5.63. The molecular weight excluding hydrogens is 322 g/mol. The van der Waals surface area contributed by atoms with Crippen molar-refractivity contribution in [1.82, 2.24) is 25.1 Å². The number of hydrogen-bond donors (Lipinski definition) is 0. The van der Waals surface area contributed by atoms with E-state index < -0.39 is 0 Å². The summed E-state index contributed by atoms with van der Waals surface area (Å²) in [6, 6.07) is 0.918. The molecular formula is C17H27N5OS. The second-order valence-corrected chi connectivity index (χ2v) is 8.42. The number of hydrogen-bond acceptors (Lipinski definition) is 5. The lowest BCUT2D eigenvalue weighted by Gasteiger charge is -2.44. The van der Waals surface area contributed by atoms with Gasteiger partial charge in [0.1, 0.15) is 0 Å². The van der Waals surface area contributed by atoms with Gasteiger partial charge in [0, 0.05) is 12.6 Å². The minimum Gasteiger partial charge on any atom is -0.339 e. The van der Waals surface area contributed by atoms with Gasteiger partial charge >= 0.3 is 0 Å². The van der Waals surface area contributed by atoms with Crippen molar-refractivity contribution in [1.29, 1.82) is 0 Å². The van der Waals surface area contributed by atoms with Crippen LogP contribution in [0.3, 0.4) is 0 Å². The molecule has 6 nitrogen and oxygen atoms in total. The lowest BCUT2D eigenvalue weighted by Crippen LogP contribution is -2.50. The van der Waals surface area contributed by atoms with Gasteiger partial charge in [-0.3, -0.25) is 4.79 Å². The molecule has 4 rings (SSSR count). The summed E-state index contributed by atoms with van der Waals surface area (Å²) in [5.74, 6) is 1.49. The first-order valence-corrected chi connectivity index (χ1v) is 10.5. The third kappa shape index (κ3) is 3.32. The molecule has 2 aliphatic carbocycles. The highest BCUT2D eigenvalue weighted by Crippen LogP contribution is 2.36. The van der Waals surface area contributed by atoms with Crippen LogP contribution in [-0.2, 0) is 4.79 Å². The number of amides is 1. The van der Waals surface area contributed by atoms with Gasteiger partial charge < -0.3 is 4.90 Å². The van der Waals surface area contributed by atoms with Crippen molar-refractivity contribution in [2.75, 3.05) is 12.3 Å². The van der Waals surface area contributed by atoms with Gasteiger partial charge in [-0.25, -0.2) is 4.68 Å². The maximum absolute atomic E-state index is 12.8. The Hall–Kier alpha value is -1.11. The first-order valence-electron chi connectivity index (χ1n) is 9.53. The molecule has 0 radical (unpaired) electrons. The molecule has 1 amide bonds. The number of thioether (sulfide) groups is 1. The zero-order valence-electron chi connectivity index (χ0n) is 14.3. The van der Waals surface area contributed by atoms with Gasteiger partial charge in [-0.15, -0.1) is 5.10 Å². The van der Waals surface area contributed by atoms with Gasteiger partial charge in [-0.05, 0) is 54.9 Å². The van der Waals surface area contributed by atoms with E-state index in [-0.39, 0.29) is 5.91 Å². The van der Waals surface area contributed by atoms with Gasteiger partial charge in [0.15, 0.2) is 0 Å². The van der Waals surface area contributed by atoms with Crippen LogP contribution in [0.1, 0.15) is 70.3 Å². The first kappa shape index (κ1) is 16.4. The molecule has 0 bridgehead atoms. The number of rotatable bonds is 4. The van der Waals surface area contributed by atoms with E-state index in [4.69, 9.17) is 0 Å². The SMILES string of the molecule is O=C(CSc1nnnn1C1CCCC1)N1CCCC2CCCCC21. The number of aromatic nitrogens is 4. The normalized spacial score (nSPS) is 28.1. The number of carbonyl (C=O) groups excluding carboxylic acids is 1. The molecule has 0 aromatic carbocycles. The first-order chi connectivity index (χ1) is 11.8. The van der Waals surface area contributed by atoms with E-state index in [9.17, 15) is 4.79 Å². The Labute approximate surface area is 147 Å². The number of likely N-dealkylation sites (tertiary alicyclic amines) is 1.